The molecule has 1 heterocycles. The average molecular weight is 451 g/mol. The number of nitrogens with zero attached hydrogens (tertiary/aromatic N) is 2. The molecular formula is C23H22N4O4S. The number of hydrogen-bond donors (Lipinski definition) is 2. The summed E-state index contributed by atoms with van der Waals surface area (Å²) in [6.45, 7) is 2.16. The van der Waals surface area contributed by atoms with E-state index < -0.39 is 10.8 Å². The summed E-state index contributed by atoms with van der Waals surface area (Å²) in [5, 5.41) is 18.8. The Morgan fingerprint density at radius 1 is 1.16 bits per heavy atom. The number of para-hydroxylation sites is 1. The van der Waals surface area contributed by atoms with Crippen molar-refractivity contribution in [2.75, 3.05) is 11.9 Å². The van der Waals surface area contributed by atoms with Gasteiger partial charge in [-0.05, 0) is 30.5 Å². The average Bonchev–Trinajstić information content (AvgIpc) is 3.24. The van der Waals surface area contributed by atoms with Gasteiger partial charge < -0.3 is 5.32 Å². The van der Waals surface area contributed by atoms with Gasteiger partial charge in [-0.25, -0.2) is 4.98 Å². The molecule has 0 unspecified atom stereocenters. The fourth-order valence-electron chi connectivity index (χ4n) is 2.97. The highest BCUT2D eigenvalue weighted by atomic mass is 32.1. The molecule has 0 fully saturated rings. The number of aromatic nitrogens is 1. The van der Waals surface area contributed by atoms with Crippen LogP contribution in [0.3, 0.4) is 0 Å². The van der Waals surface area contributed by atoms with E-state index in [0.29, 0.717) is 17.2 Å². The number of carbonyl (C=O) groups is 2. The number of thiazole rings is 1. The molecule has 0 saturated heterocycles. The van der Waals surface area contributed by atoms with E-state index in [1.165, 1.54) is 42.0 Å². The van der Waals surface area contributed by atoms with E-state index in [1.54, 1.807) is 18.2 Å². The Morgan fingerprint density at radius 3 is 2.62 bits per heavy atom. The lowest BCUT2D eigenvalue weighted by atomic mass is 10.1. The largest absolute Gasteiger partial charge is 0.356 e. The van der Waals surface area contributed by atoms with E-state index in [9.17, 15) is 19.7 Å². The van der Waals surface area contributed by atoms with Crippen LogP contribution in [0.1, 0.15) is 24.5 Å². The van der Waals surface area contributed by atoms with Crippen molar-refractivity contribution in [1.29, 1.82) is 0 Å². The van der Waals surface area contributed by atoms with E-state index in [0.717, 1.165) is 24.1 Å². The lowest BCUT2D eigenvalue weighted by molar-refractivity contribution is -0.385. The summed E-state index contributed by atoms with van der Waals surface area (Å²) in [6, 6.07) is 14.2. The first-order valence-electron chi connectivity index (χ1n) is 9.94. The Morgan fingerprint density at radius 2 is 1.91 bits per heavy atom. The fourth-order valence-corrected chi connectivity index (χ4v) is 3.69. The maximum absolute atomic E-state index is 12.2. The highest BCUT2D eigenvalue weighted by Crippen LogP contribution is 2.25. The van der Waals surface area contributed by atoms with Gasteiger partial charge in [-0.15, -0.1) is 11.3 Å². The van der Waals surface area contributed by atoms with Crippen LogP contribution in [-0.2, 0) is 16.0 Å². The normalized spacial score (nSPS) is 10.8. The van der Waals surface area contributed by atoms with Gasteiger partial charge in [-0.2, -0.15) is 0 Å². The molecule has 2 aromatic carbocycles. The molecule has 1 aromatic heterocycles. The minimum atomic E-state index is -0.487. The van der Waals surface area contributed by atoms with Gasteiger partial charge in [0.25, 0.3) is 5.69 Å². The summed E-state index contributed by atoms with van der Waals surface area (Å²) < 4.78 is 0. The number of aryl methyl sites for hydroxylation is 1. The maximum Gasteiger partial charge on any atom is 0.276 e. The summed E-state index contributed by atoms with van der Waals surface area (Å²) in [7, 11) is 0. The van der Waals surface area contributed by atoms with Gasteiger partial charge >= 0.3 is 0 Å². The molecule has 0 aliphatic heterocycles. The highest BCUT2D eigenvalue weighted by Gasteiger charge is 2.11. The third kappa shape index (κ3) is 6.58. The molecule has 164 valence electrons. The van der Waals surface area contributed by atoms with Crippen LogP contribution >= 0.6 is 11.3 Å². The Balaban J connectivity index is 1.57. The van der Waals surface area contributed by atoms with Gasteiger partial charge in [0.2, 0.25) is 11.8 Å². The zero-order valence-corrected chi connectivity index (χ0v) is 18.2. The molecule has 2 amide bonds. The zero-order chi connectivity index (χ0) is 22.9. The first-order valence-corrected chi connectivity index (χ1v) is 10.8. The second kappa shape index (κ2) is 11.0. The molecule has 3 rings (SSSR count). The predicted molar refractivity (Wildman–Crippen MR) is 125 cm³/mol. The monoisotopic (exact) mass is 450 g/mol. The SMILES string of the molecule is CC(=O)NCCCc1ccc(-c2csc(NC(=O)/C=C/c3ccccc3[N+](=O)[O-])n2)cc1. The van der Waals surface area contributed by atoms with Gasteiger partial charge in [0, 0.05) is 36.6 Å². The van der Waals surface area contributed by atoms with Gasteiger partial charge in [-0.3, -0.25) is 25.0 Å². The minimum absolute atomic E-state index is 0.0244. The number of hydrogen-bond acceptors (Lipinski definition) is 6. The second-order valence-electron chi connectivity index (χ2n) is 6.96. The molecule has 0 saturated carbocycles. The summed E-state index contributed by atoms with van der Waals surface area (Å²) in [6.07, 6.45) is 4.39. The van der Waals surface area contributed by atoms with Crippen molar-refractivity contribution in [2.24, 2.45) is 0 Å². The predicted octanol–water partition coefficient (Wildman–Crippen LogP) is 4.44. The van der Waals surface area contributed by atoms with E-state index in [-0.39, 0.29) is 11.6 Å². The van der Waals surface area contributed by atoms with Crippen LogP contribution in [0.15, 0.2) is 60.0 Å². The molecule has 0 spiro atoms. The fraction of sp³-hybridized carbons (Fsp3) is 0.174. The first kappa shape index (κ1) is 22.8. The molecule has 0 bridgehead atoms. The van der Waals surface area contributed by atoms with Crippen LogP contribution in [0.25, 0.3) is 17.3 Å². The van der Waals surface area contributed by atoms with Crippen LogP contribution in [0.2, 0.25) is 0 Å². The van der Waals surface area contributed by atoms with Crippen LogP contribution in [0, 0.1) is 10.1 Å². The first-order chi connectivity index (χ1) is 15.4. The smallest absolute Gasteiger partial charge is 0.276 e. The van der Waals surface area contributed by atoms with Crippen molar-refractivity contribution in [2.45, 2.75) is 19.8 Å². The summed E-state index contributed by atoms with van der Waals surface area (Å²) >= 11 is 1.30. The van der Waals surface area contributed by atoms with Crippen molar-refractivity contribution in [3.05, 3.63) is 81.2 Å². The number of benzene rings is 2. The molecule has 9 heteroatoms. The number of anilines is 1. The van der Waals surface area contributed by atoms with Gasteiger partial charge in [0.05, 0.1) is 16.2 Å². The van der Waals surface area contributed by atoms with Crippen molar-refractivity contribution < 1.29 is 14.5 Å². The molecule has 0 aliphatic carbocycles. The van der Waals surface area contributed by atoms with Crippen LogP contribution in [0.4, 0.5) is 10.8 Å². The number of nitro benzene ring substituents is 1. The zero-order valence-electron chi connectivity index (χ0n) is 17.4. The Bertz CT molecular complexity index is 1140. The number of amides is 2. The lowest BCUT2D eigenvalue weighted by Gasteiger charge is -2.04. The van der Waals surface area contributed by atoms with Crippen molar-refractivity contribution in [3.63, 3.8) is 0 Å². The topological polar surface area (TPSA) is 114 Å². The van der Waals surface area contributed by atoms with E-state index >= 15 is 0 Å². The van der Waals surface area contributed by atoms with E-state index in [4.69, 9.17) is 0 Å². The van der Waals surface area contributed by atoms with Crippen LogP contribution < -0.4 is 10.6 Å². The molecule has 8 nitrogen and oxygen atoms in total. The lowest BCUT2D eigenvalue weighted by Crippen LogP contribution is -2.21. The van der Waals surface area contributed by atoms with E-state index in [1.807, 2.05) is 29.6 Å². The minimum Gasteiger partial charge on any atom is -0.356 e. The Labute approximate surface area is 189 Å². The standard InChI is InChI=1S/C23H22N4O4S/c1-16(28)24-14-4-5-17-8-10-18(11-9-17)20-15-32-23(25-20)26-22(29)13-12-19-6-2-3-7-21(19)27(30)31/h2-3,6-13,15H,4-5,14H2,1H3,(H,24,28)(H,25,26,29)/b13-12+. The van der Waals surface area contributed by atoms with Crippen molar-refractivity contribution >= 4 is 40.0 Å². The van der Waals surface area contributed by atoms with Gasteiger partial charge in [-0.1, -0.05) is 36.4 Å². The number of carbonyl (C=O) groups excluding carboxylic acids is 2. The number of nitrogens with one attached hydrogen (secondary N) is 2. The molecule has 0 radical (unpaired) electrons. The summed E-state index contributed by atoms with van der Waals surface area (Å²) in [5.41, 5.74) is 3.14. The molecular weight excluding hydrogens is 428 g/mol. The Hall–Kier alpha value is -3.85. The van der Waals surface area contributed by atoms with E-state index in [2.05, 4.69) is 15.6 Å². The maximum atomic E-state index is 12.2. The number of rotatable bonds is 9. The Kier molecular flexibility index (Phi) is 7.82. The molecule has 0 atom stereocenters. The van der Waals surface area contributed by atoms with Gasteiger partial charge in [0.15, 0.2) is 5.13 Å². The summed E-state index contributed by atoms with van der Waals surface area (Å²) in [5.74, 6) is -0.442. The third-order valence-electron chi connectivity index (χ3n) is 4.55. The molecule has 2 N–H and O–H groups in total. The van der Waals surface area contributed by atoms with Crippen LogP contribution in [-0.4, -0.2) is 28.3 Å². The number of nitro groups is 1. The van der Waals surface area contributed by atoms with Crippen molar-refractivity contribution in [3.8, 4) is 11.3 Å². The quantitative estimate of drug-likeness (QED) is 0.216. The second-order valence-corrected chi connectivity index (χ2v) is 7.82. The van der Waals surface area contributed by atoms with Gasteiger partial charge in [0.1, 0.15) is 0 Å². The summed E-state index contributed by atoms with van der Waals surface area (Å²) in [4.78, 5) is 38.1. The molecule has 3 aromatic rings. The van der Waals surface area contributed by atoms with Crippen molar-refractivity contribution in [1.82, 2.24) is 10.3 Å². The third-order valence-corrected chi connectivity index (χ3v) is 5.31. The highest BCUT2D eigenvalue weighted by molar-refractivity contribution is 7.14. The molecule has 0 aliphatic rings. The molecule has 32 heavy (non-hydrogen) atoms. The van der Waals surface area contributed by atoms with Crippen LogP contribution in [0.5, 0.6) is 0 Å².